The predicted molar refractivity (Wildman–Crippen MR) is 132 cm³/mol. The lowest BCUT2D eigenvalue weighted by Gasteiger charge is -2.36. The summed E-state index contributed by atoms with van der Waals surface area (Å²) < 4.78 is 27.4. The second-order valence-electron chi connectivity index (χ2n) is 9.26. The maximum atomic E-state index is 13.2. The van der Waals surface area contributed by atoms with E-state index in [0.717, 1.165) is 31.8 Å². The second-order valence-corrected chi connectivity index (χ2v) is 11.9. The van der Waals surface area contributed by atoms with Gasteiger partial charge >= 0.3 is 0 Å². The van der Waals surface area contributed by atoms with E-state index in [1.807, 2.05) is 19.9 Å². The zero-order chi connectivity index (χ0) is 23.6. The number of carbonyl (C=O) groups excluding carboxylic acids is 1. The lowest BCUT2D eigenvalue weighted by Crippen LogP contribution is -2.45. The lowest BCUT2D eigenvalue weighted by molar-refractivity contribution is -0.123. The first-order valence-electron chi connectivity index (χ1n) is 11.5. The standard InChI is InChI=1S/C24H32N4O3S2/c1-16(2)22(26-23-18-7-4-5-9-21(18)33(30,31)27-23)24(29)25-15-19(20-8-6-14-32-20)28-12-10-17(3)11-13-28/h4-9,14,16-17,19,22H,10-13,15H2,1-3H3,(H,25,29)(H,26,27)/t19?,22-/m0/s1. The van der Waals surface area contributed by atoms with Crippen LogP contribution in [0.3, 0.4) is 0 Å². The summed E-state index contributed by atoms with van der Waals surface area (Å²) in [5, 5.41) is 5.19. The molecule has 7 nitrogen and oxygen atoms in total. The van der Waals surface area contributed by atoms with Crippen LogP contribution in [0.4, 0.5) is 0 Å². The Labute approximate surface area is 200 Å². The average Bonchev–Trinajstić information content (AvgIpc) is 3.40. The van der Waals surface area contributed by atoms with E-state index in [4.69, 9.17) is 0 Å². The van der Waals surface area contributed by atoms with Crippen molar-refractivity contribution in [2.24, 2.45) is 16.8 Å². The normalized spacial score (nSPS) is 21.5. The summed E-state index contributed by atoms with van der Waals surface area (Å²) in [6.07, 6.45) is 2.33. The van der Waals surface area contributed by atoms with Gasteiger partial charge in [0, 0.05) is 17.0 Å². The molecule has 1 aromatic carbocycles. The molecule has 0 spiro atoms. The number of rotatable bonds is 7. The molecule has 0 bridgehead atoms. The molecule has 2 aromatic rings. The molecule has 178 valence electrons. The first-order valence-corrected chi connectivity index (χ1v) is 13.9. The van der Waals surface area contributed by atoms with Crippen LogP contribution < -0.4 is 10.0 Å². The first-order chi connectivity index (χ1) is 15.8. The van der Waals surface area contributed by atoms with Crippen LogP contribution in [0.2, 0.25) is 0 Å². The molecule has 3 heterocycles. The minimum absolute atomic E-state index is 0.0919. The molecule has 0 radical (unpaired) electrons. The molecule has 0 saturated carbocycles. The van der Waals surface area contributed by atoms with Crippen molar-refractivity contribution in [2.75, 3.05) is 19.6 Å². The zero-order valence-corrected chi connectivity index (χ0v) is 21.0. The van der Waals surface area contributed by atoms with Gasteiger partial charge in [0.25, 0.3) is 10.0 Å². The fourth-order valence-electron chi connectivity index (χ4n) is 4.41. The summed E-state index contributed by atoms with van der Waals surface area (Å²) >= 11 is 1.71. The van der Waals surface area contributed by atoms with E-state index in [2.05, 4.69) is 38.3 Å². The zero-order valence-electron chi connectivity index (χ0n) is 19.3. The molecule has 2 N–H and O–H groups in total. The van der Waals surface area contributed by atoms with Crippen molar-refractivity contribution in [3.63, 3.8) is 0 Å². The van der Waals surface area contributed by atoms with E-state index in [0.29, 0.717) is 12.1 Å². The Kier molecular flexibility index (Phi) is 7.21. The van der Waals surface area contributed by atoms with Gasteiger partial charge in [-0.2, -0.15) is 0 Å². The van der Waals surface area contributed by atoms with Crippen LogP contribution >= 0.6 is 11.3 Å². The Morgan fingerprint density at radius 1 is 1.21 bits per heavy atom. The summed E-state index contributed by atoms with van der Waals surface area (Å²) in [5.41, 5.74) is 0.509. The number of hydrogen-bond donors (Lipinski definition) is 2. The van der Waals surface area contributed by atoms with Crippen LogP contribution in [0.5, 0.6) is 0 Å². The number of carbonyl (C=O) groups is 1. The van der Waals surface area contributed by atoms with Gasteiger partial charge in [-0.1, -0.05) is 39.0 Å². The third kappa shape index (κ3) is 5.31. The molecule has 2 aliphatic rings. The van der Waals surface area contributed by atoms with E-state index in [-0.39, 0.29) is 28.6 Å². The third-order valence-corrected chi connectivity index (χ3v) is 8.80. The highest BCUT2D eigenvalue weighted by atomic mass is 32.2. The molecule has 2 aliphatic heterocycles. The largest absolute Gasteiger partial charge is 0.352 e. The monoisotopic (exact) mass is 488 g/mol. The van der Waals surface area contributed by atoms with Crippen LogP contribution in [-0.4, -0.2) is 50.7 Å². The number of nitrogens with zero attached hydrogens (tertiary/aromatic N) is 2. The highest BCUT2D eigenvalue weighted by molar-refractivity contribution is 7.90. The Bertz CT molecular complexity index is 1100. The molecule has 1 saturated heterocycles. The fourth-order valence-corrected chi connectivity index (χ4v) is 6.51. The number of benzene rings is 1. The number of thiophene rings is 1. The van der Waals surface area contributed by atoms with Crippen molar-refractivity contribution in [3.05, 3.63) is 52.2 Å². The van der Waals surface area contributed by atoms with Crippen molar-refractivity contribution >= 4 is 33.1 Å². The highest BCUT2D eigenvalue weighted by Gasteiger charge is 2.33. The van der Waals surface area contributed by atoms with Gasteiger partial charge in [0.1, 0.15) is 11.9 Å². The smallest absolute Gasteiger partial charge is 0.263 e. The van der Waals surface area contributed by atoms with Crippen LogP contribution in [0, 0.1) is 11.8 Å². The van der Waals surface area contributed by atoms with Crippen molar-refractivity contribution in [1.82, 2.24) is 14.9 Å². The Hall–Kier alpha value is -2.23. The molecule has 1 fully saturated rings. The molecule has 0 aliphatic carbocycles. The van der Waals surface area contributed by atoms with Gasteiger partial charge in [-0.15, -0.1) is 11.3 Å². The molecule has 1 unspecified atom stereocenters. The van der Waals surface area contributed by atoms with E-state index in [1.54, 1.807) is 35.6 Å². The summed E-state index contributed by atoms with van der Waals surface area (Å²) in [4.78, 5) is 21.7. The van der Waals surface area contributed by atoms with Gasteiger partial charge in [-0.3, -0.25) is 19.4 Å². The molecule has 1 amide bonds. The van der Waals surface area contributed by atoms with Gasteiger partial charge in [-0.05, 0) is 61.3 Å². The highest BCUT2D eigenvalue weighted by Crippen LogP contribution is 2.29. The number of aliphatic imine (C=N–C) groups is 1. The summed E-state index contributed by atoms with van der Waals surface area (Å²) in [5.74, 6) is 0.692. The Balaban J connectivity index is 1.51. The second kappa shape index (κ2) is 9.95. The minimum atomic E-state index is -3.64. The number of sulfonamides is 1. The number of piperidine rings is 1. The van der Waals surface area contributed by atoms with Crippen LogP contribution in [0.25, 0.3) is 0 Å². The molecular formula is C24H32N4O3S2. The van der Waals surface area contributed by atoms with E-state index in [1.165, 1.54) is 4.88 Å². The number of amidine groups is 1. The molecular weight excluding hydrogens is 456 g/mol. The lowest BCUT2D eigenvalue weighted by atomic mass is 9.97. The Morgan fingerprint density at radius 2 is 1.94 bits per heavy atom. The molecule has 33 heavy (non-hydrogen) atoms. The van der Waals surface area contributed by atoms with Crippen molar-refractivity contribution in [3.8, 4) is 0 Å². The fraction of sp³-hybridized carbons (Fsp3) is 0.500. The quantitative estimate of drug-likeness (QED) is 0.625. The average molecular weight is 489 g/mol. The maximum absolute atomic E-state index is 13.2. The number of hydrogen-bond acceptors (Lipinski definition) is 6. The van der Waals surface area contributed by atoms with E-state index < -0.39 is 16.1 Å². The molecule has 2 atom stereocenters. The van der Waals surface area contributed by atoms with Crippen molar-refractivity contribution < 1.29 is 13.2 Å². The SMILES string of the molecule is CC1CCN(C(CNC(=O)[C@@H](N=C2NS(=O)(=O)c3ccccc32)C(C)C)c2cccs2)CC1. The summed E-state index contributed by atoms with van der Waals surface area (Å²) in [7, 11) is -3.64. The first kappa shape index (κ1) is 23.9. The predicted octanol–water partition coefficient (Wildman–Crippen LogP) is 3.40. The number of likely N-dealkylation sites (tertiary alicyclic amines) is 1. The topological polar surface area (TPSA) is 90.9 Å². The van der Waals surface area contributed by atoms with Crippen molar-refractivity contribution in [2.45, 2.75) is 50.6 Å². The molecule has 9 heteroatoms. The van der Waals surface area contributed by atoms with E-state index >= 15 is 0 Å². The molecule has 1 aromatic heterocycles. The van der Waals surface area contributed by atoms with Crippen molar-refractivity contribution in [1.29, 1.82) is 0 Å². The van der Waals surface area contributed by atoms with Crippen LogP contribution in [0.15, 0.2) is 51.7 Å². The van der Waals surface area contributed by atoms with Gasteiger partial charge in [0.15, 0.2) is 0 Å². The minimum Gasteiger partial charge on any atom is -0.352 e. The van der Waals surface area contributed by atoms with Gasteiger partial charge in [-0.25, -0.2) is 8.42 Å². The Morgan fingerprint density at radius 3 is 2.61 bits per heavy atom. The number of amides is 1. The summed E-state index contributed by atoms with van der Waals surface area (Å²) in [6, 6.07) is 10.3. The summed E-state index contributed by atoms with van der Waals surface area (Å²) in [6.45, 7) is 8.69. The van der Waals surface area contributed by atoms with Crippen LogP contribution in [-0.2, 0) is 14.8 Å². The molecule has 4 rings (SSSR count). The number of nitrogens with one attached hydrogen (secondary N) is 2. The van der Waals surface area contributed by atoms with Gasteiger partial charge in [0.05, 0.1) is 10.9 Å². The van der Waals surface area contributed by atoms with Gasteiger partial charge < -0.3 is 5.32 Å². The number of fused-ring (bicyclic) bond motifs is 1. The van der Waals surface area contributed by atoms with Gasteiger partial charge in [0.2, 0.25) is 5.91 Å². The third-order valence-electron chi connectivity index (χ3n) is 6.43. The van der Waals surface area contributed by atoms with Crippen LogP contribution in [0.1, 0.15) is 50.1 Å². The van der Waals surface area contributed by atoms with E-state index in [9.17, 15) is 13.2 Å². The maximum Gasteiger partial charge on any atom is 0.263 e.